The molecule has 5 nitrogen and oxygen atoms in total. The Hall–Kier alpha value is -1.40. The largest absolute Gasteiger partial charge is 0.331 e. The smallest absolute Gasteiger partial charge is 0.175 e. The van der Waals surface area contributed by atoms with Gasteiger partial charge in [0, 0.05) is 25.3 Å². The Morgan fingerprint density at radius 2 is 2.10 bits per heavy atom. The Balaban J connectivity index is 2.20. The summed E-state index contributed by atoms with van der Waals surface area (Å²) in [7, 11) is -1.23. The predicted molar refractivity (Wildman–Crippen MR) is 78.4 cm³/mol. The number of nitrogens with two attached hydrogens (primary N) is 1. The van der Waals surface area contributed by atoms with E-state index in [1.807, 2.05) is 17.7 Å². The first-order chi connectivity index (χ1) is 9.37. The number of imidazole rings is 1. The van der Waals surface area contributed by atoms with E-state index >= 15 is 0 Å². The summed E-state index contributed by atoms with van der Waals surface area (Å²) in [6, 6.07) is 5.11. The lowest BCUT2D eigenvalue weighted by Crippen LogP contribution is -2.43. The molecule has 0 radical (unpaired) electrons. The molecule has 0 spiro atoms. The van der Waals surface area contributed by atoms with Crippen molar-refractivity contribution >= 4 is 20.9 Å². The second-order valence-electron chi connectivity index (χ2n) is 5.76. The molecule has 20 heavy (non-hydrogen) atoms. The van der Waals surface area contributed by atoms with Gasteiger partial charge >= 0.3 is 0 Å². The summed E-state index contributed by atoms with van der Waals surface area (Å²) in [5.41, 5.74) is 7.59. The third-order valence-corrected chi connectivity index (χ3v) is 5.57. The number of nitrogens with zero attached hydrogens (tertiary/aromatic N) is 2. The summed E-state index contributed by atoms with van der Waals surface area (Å²) in [6.45, 7) is 0.586. The molecular weight excluding hydrogens is 274 g/mol. The zero-order chi connectivity index (χ0) is 14.5. The van der Waals surface area contributed by atoms with Gasteiger partial charge in [-0.15, -0.1) is 0 Å². The number of hydrogen-bond donors (Lipinski definition) is 1. The van der Waals surface area contributed by atoms with Crippen LogP contribution in [-0.4, -0.2) is 30.8 Å². The molecule has 0 atom stereocenters. The first-order valence-corrected chi connectivity index (χ1v) is 8.64. The number of aryl methyl sites for hydroxylation is 1. The number of rotatable bonds is 3. The molecule has 2 aromatic rings. The third-order valence-electron chi connectivity index (χ3n) is 4.46. The Morgan fingerprint density at radius 1 is 1.40 bits per heavy atom. The van der Waals surface area contributed by atoms with Crippen molar-refractivity contribution in [3.05, 3.63) is 24.0 Å². The van der Waals surface area contributed by atoms with Gasteiger partial charge < -0.3 is 10.3 Å². The van der Waals surface area contributed by atoms with Crippen molar-refractivity contribution in [2.24, 2.45) is 12.8 Å². The zero-order valence-electron chi connectivity index (χ0n) is 11.8. The molecule has 6 heteroatoms. The van der Waals surface area contributed by atoms with Crippen molar-refractivity contribution in [3.63, 3.8) is 0 Å². The summed E-state index contributed by atoms with van der Waals surface area (Å²) in [6.07, 6.45) is 4.50. The van der Waals surface area contributed by atoms with Crippen molar-refractivity contribution in [1.82, 2.24) is 9.55 Å². The van der Waals surface area contributed by atoms with E-state index in [4.69, 9.17) is 5.73 Å². The molecule has 0 amide bonds. The fourth-order valence-electron chi connectivity index (χ4n) is 3.01. The SMILES string of the molecule is Cn1c(C2(CN)CCC2)nc2cc(S(C)(=O)=O)ccc21. The number of fused-ring (bicyclic) bond motifs is 1. The fraction of sp³-hybridized carbons (Fsp3) is 0.500. The van der Waals surface area contributed by atoms with Crippen molar-refractivity contribution in [3.8, 4) is 0 Å². The quantitative estimate of drug-likeness (QED) is 0.926. The Kier molecular flexibility index (Phi) is 2.92. The van der Waals surface area contributed by atoms with Crippen molar-refractivity contribution in [1.29, 1.82) is 0 Å². The molecule has 0 aliphatic heterocycles. The Morgan fingerprint density at radius 3 is 2.60 bits per heavy atom. The molecule has 0 unspecified atom stereocenters. The van der Waals surface area contributed by atoms with E-state index in [0.717, 1.165) is 29.7 Å². The van der Waals surface area contributed by atoms with Crippen LogP contribution in [-0.2, 0) is 22.3 Å². The van der Waals surface area contributed by atoms with Gasteiger partial charge in [-0.2, -0.15) is 0 Å². The van der Waals surface area contributed by atoms with Crippen LogP contribution in [0.5, 0.6) is 0 Å². The first kappa shape index (κ1) is 13.6. The van der Waals surface area contributed by atoms with Crippen LogP contribution in [0.1, 0.15) is 25.1 Å². The van der Waals surface area contributed by atoms with Gasteiger partial charge in [0.15, 0.2) is 9.84 Å². The van der Waals surface area contributed by atoms with E-state index in [1.54, 1.807) is 12.1 Å². The standard InChI is InChI=1S/C14H19N3O2S/c1-17-12-5-4-10(20(2,18)19)8-11(12)16-13(17)14(9-15)6-3-7-14/h4-5,8H,3,6-7,9,15H2,1-2H3. The summed E-state index contributed by atoms with van der Waals surface area (Å²) >= 11 is 0. The fourth-order valence-corrected chi connectivity index (χ4v) is 3.65. The lowest BCUT2D eigenvalue weighted by atomic mass is 9.68. The summed E-state index contributed by atoms with van der Waals surface area (Å²) in [4.78, 5) is 4.98. The highest BCUT2D eigenvalue weighted by molar-refractivity contribution is 7.90. The van der Waals surface area contributed by atoms with Crippen molar-refractivity contribution < 1.29 is 8.42 Å². The second kappa shape index (κ2) is 4.30. The van der Waals surface area contributed by atoms with Crippen LogP contribution >= 0.6 is 0 Å². The first-order valence-electron chi connectivity index (χ1n) is 6.74. The van der Waals surface area contributed by atoms with Gasteiger partial charge in [-0.05, 0) is 31.0 Å². The molecular formula is C14H19N3O2S. The van der Waals surface area contributed by atoms with Gasteiger partial charge in [0.05, 0.1) is 15.9 Å². The van der Waals surface area contributed by atoms with Crippen molar-refractivity contribution in [2.45, 2.75) is 29.6 Å². The van der Waals surface area contributed by atoms with Crippen LogP contribution in [0.15, 0.2) is 23.1 Å². The van der Waals surface area contributed by atoms with E-state index in [9.17, 15) is 8.42 Å². The zero-order valence-corrected chi connectivity index (χ0v) is 12.6. The van der Waals surface area contributed by atoms with Gasteiger partial charge in [-0.1, -0.05) is 6.42 Å². The molecule has 1 aromatic heterocycles. The van der Waals surface area contributed by atoms with Gasteiger partial charge in [-0.25, -0.2) is 13.4 Å². The van der Waals surface area contributed by atoms with Crippen molar-refractivity contribution in [2.75, 3.05) is 12.8 Å². The van der Waals surface area contributed by atoms with E-state index in [2.05, 4.69) is 4.98 Å². The topological polar surface area (TPSA) is 78.0 Å². The molecule has 1 fully saturated rings. The maximum absolute atomic E-state index is 11.6. The highest BCUT2D eigenvalue weighted by atomic mass is 32.2. The highest BCUT2D eigenvalue weighted by Crippen LogP contribution is 2.43. The average Bonchev–Trinajstić information content (AvgIpc) is 2.66. The number of sulfone groups is 1. The molecule has 0 bridgehead atoms. The van der Waals surface area contributed by atoms with Crippen LogP contribution in [0.2, 0.25) is 0 Å². The Labute approximate surface area is 118 Å². The lowest BCUT2D eigenvalue weighted by molar-refractivity contribution is 0.233. The molecule has 3 rings (SSSR count). The second-order valence-corrected chi connectivity index (χ2v) is 7.77. The average molecular weight is 293 g/mol. The molecule has 1 saturated carbocycles. The Bertz CT molecular complexity index is 768. The minimum absolute atomic E-state index is 0.0287. The third kappa shape index (κ3) is 1.86. The normalized spacial score (nSPS) is 18.1. The van der Waals surface area contributed by atoms with Gasteiger partial charge in [-0.3, -0.25) is 0 Å². The van der Waals surface area contributed by atoms with Crippen LogP contribution < -0.4 is 5.73 Å². The molecule has 108 valence electrons. The maximum Gasteiger partial charge on any atom is 0.175 e. The maximum atomic E-state index is 11.6. The van der Waals surface area contributed by atoms with Gasteiger partial charge in [0.1, 0.15) is 5.82 Å². The highest BCUT2D eigenvalue weighted by Gasteiger charge is 2.41. The van der Waals surface area contributed by atoms with E-state index < -0.39 is 9.84 Å². The molecule has 1 aromatic carbocycles. The lowest BCUT2D eigenvalue weighted by Gasteiger charge is -2.40. The molecule has 1 heterocycles. The monoisotopic (exact) mass is 293 g/mol. The van der Waals surface area contributed by atoms with E-state index in [1.165, 1.54) is 12.7 Å². The van der Waals surface area contributed by atoms with Gasteiger partial charge in [0.25, 0.3) is 0 Å². The summed E-state index contributed by atoms with van der Waals surface area (Å²) < 4.78 is 25.3. The van der Waals surface area contributed by atoms with Crippen LogP contribution in [0.3, 0.4) is 0 Å². The molecule has 0 saturated heterocycles. The number of benzene rings is 1. The molecule has 1 aliphatic carbocycles. The molecule has 1 aliphatic rings. The minimum Gasteiger partial charge on any atom is -0.331 e. The number of aromatic nitrogens is 2. The van der Waals surface area contributed by atoms with Crippen LogP contribution in [0, 0.1) is 0 Å². The predicted octanol–water partition coefficient (Wildman–Crippen LogP) is 1.36. The van der Waals surface area contributed by atoms with E-state index in [-0.39, 0.29) is 5.41 Å². The van der Waals surface area contributed by atoms with Crippen LogP contribution in [0.25, 0.3) is 11.0 Å². The van der Waals surface area contributed by atoms with Gasteiger partial charge in [0.2, 0.25) is 0 Å². The summed E-state index contributed by atoms with van der Waals surface area (Å²) in [5, 5.41) is 0. The number of hydrogen-bond acceptors (Lipinski definition) is 4. The summed E-state index contributed by atoms with van der Waals surface area (Å²) in [5.74, 6) is 0.979. The van der Waals surface area contributed by atoms with Crippen LogP contribution in [0.4, 0.5) is 0 Å². The molecule has 2 N–H and O–H groups in total. The minimum atomic E-state index is -3.20. The van der Waals surface area contributed by atoms with E-state index in [0.29, 0.717) is 11.4 Å².